The van der Waals surface area contributed by atoms with E-state index in [1.54, 1.807) is 18.2 Å². The highest BCUT2D eigenvalue weighted by atomic mass is 32.1. The first-order valence-corrected chi connectivity index (χ1v) is 9.19. The van der Waals surface area contributed by atoms with Crippen LogP contribution in [-0.2, 0) is 11.2 Å². The smallest absolute Gasteiger partial charge is 0.269 e. The molecule has 3 aromatic rings. The maximum absolute atomic E-state index is 12.1. The number of nitrogens with one attached hydrogen (secondary N) is 2. The van der Waals surface area contributed by atoms with Crippen molar-refractivity contribution >= 4 is 28.8 Å². The minimum absolute atomic E-state index is 0.114. The number of anilines is 1. The van der Waals surface area contributed by atoms with E-state index < -0.39 is 0 Å². The SMILES string of the molecule is CN(C)c1cccc(C(=O)NNC(=O)CCc2nnc(-c3ccsc3)o2)c1. The molecule has 0 spiro atoms. The van der Waals surface area contributed by atoms with Gasteiger partial charge in [0.25, 0.3) is 5.91 Å². The summed E-state index contributed by atoms with van der Waals surface area (Å²) in [5, 5.41) is 11.7. The summed E-state index contributed by atoms with van der Waals surface area (Å²) in [7, 11) is 3.78. The summed E-state index contributed by atoms with van der Waals surface area (Å²) in [5.41, 5.74) is 7.01. The van der Waals surface area contributed by atoms with Crippen LogP contribution in [0, 0.1) is 0 Å². The number of aromatic nitrogens is 2. The third-order valence-corrected chi connectivity index (χ3v) is 4.42. The molecule has 8 nitrogen and oxygen atoms in total. The highest BCUT2D eigenvalue weighted by Crippen LogP contribution is 2.20. The van der Waals surface area contributed by atoms with Crippen molar-refractivity contribution in [1.29, 1.82) is 0 Å². The molecular weight excluding hydrogens is 366 g/mol. The van der Waals surface area contributed by atoms with E-state index in [0.717, 1.165) is 11.3 Å². The van der Waals surface area contributed by atoms with E-state index >= 15 is 0 Å². The van der Waals surface area contributed by atoms with Crippen LogP contribution in [0.25, 0.3) is 11.5 Å². The lowest BCUT2D eigenvalue weighted by Crippen LogP contribution is -2.41. The van der Waals surface area contributed by atoms with Crippen LogP contribution in [0.5, 0.6) is 0 Å². The molecular formula is C18H19N5O3S. The number of benzene rings is 1. The molecule has 2 N–H and O–H groups in total. The number of aryl methyl sites for hydroxylation is 1. The molecule has 1 aromatic carbocycles. The molecule has 0 aliphatic rings. The maximum Gasteiger partial charge on any atom is 0.269 e. The van der Waals surface area contributed by atoms with Gasteiger partial charge in [-0.2, -0.15) is 11.3 Å². The number of carbonyl (C=O) groups excluding carboxylic acids is 2. The van der Waals surface area contributed by atoms with Crippen LogP contribution in [0.3, 0.4) is 0 Å². The number of hydrazine groups is 1. The minimum Gasteiger partial charge on any atom is -0.421 e. The number of rotatable bonds is 6. The number of carbonyl (C=O) groups is 2. The molecule has 9 heteroatoms. The minimum atomic E-state index is -0.385. The highest BCUT2D eigenvalue weighted by molar-refractivity contribution is 7.08. The molecule has 2 heterocycles. The second-order valence-electron chi connectivity index (χ2n) is 5.96. The fraction of sp³-hybridized carbons (Fsp3) is 0.222. The Labute approximate surface area is 160 Å². The number of amides is 2. The Morgan fingerprint density at radius 1 is 1.19 bits per heavy atom. The summed E-state index contributed by atoms with van der Waals surface area (Å²) >= 11 is 1.54. The third-order valence-electron chi connectivity index (χ3n) is 3.74. The molecule has 0 atom stereocenters. The summed E-state index contributed by atoms with van der Waals surface area (Å²) in [4.78, 5) is 26.0. The Bertz CT molecular complexity index is 921. The Morgan fingerprint density at radius 3 is 2.78 bits per heavy atom. The quantitative estimate of drug-likeness (QED) is 0.631. The zero-order valence-electron chi connectivity index (χ0n) is 14.9. The zero-order chi connectivity index (χ0) is 19.2. The molecule has 0 radical (unpaired) electrons. The van der Waals surface area contributed by atoms with Crippen molar-refractivity contribution in [3.05, 3.63) is 52.5 Å². The predicted molar refractivity (Wildman–Crippen MR) is 102 cm³/mol. The van der Waals surface area contributed by atoms with Crippen molar-refractivity contribution in [2.24, 2.45) is 0 Å². The van der Waals surface area contributed by atoms with Crippen LogP contribution in [0.4, 0.5) is 5.69 Å². The van der Waals surface area contributed by atoms with E-state index in [2.05, 4.69) is 21.0 Å². The van der Waals surface area contributed by atoms with Crippen molar-refractivity contribution < 1.29 is 14.0 Å². The fourth-order valence-electron chi connectivity index (χ4n) is 2.26. The van der Waals surface area contributed by atoms with Gasteiger partial charge in [0.1, 0.15) is 0 Å². The van der Waals surface area contributed by atoms with E-state index in [9.17, 15) is 9.59 Å². The average molecular weight is 385 g/mol. The topological polar surface area (TPSA) is 100 Å². The number of hydrogen-bond acceptors (Lipinski definition) is 7. The highest BCUT2D eigenvalue weighted by Gasteiger charge is 2.12. The van der Waals surface area contributed by atoms with Gasteiger partial charge in [-0.15, -0.1) is 10.2 Å². The van der Waals surface area contributed by atoms with Crippen molar-refractivity contribution in [1.82, 2.24) is 21.0 Å². The lowest BCUT2D eigenvalue weighted by molar-refractivity contribution is -0.121. The monoisotopic (exact) mass is 385 g/mol. The number of hydrogen-bond donors (Lipinski definition) is 2. The van der Waals surface area contributed by atoms with Crippen LogP contribution < -0.4 is 15.8 Å². The van der Waals surface area contributed by atoms with Crippen molar-refractivity contribution in [3.8, 4) is 11.5 Å². The summed E-state index contributed by atoms with van der Waals surface area (Å²) in [6.45, 7) is 0. The van der Waals surface area contributed by atoms with Gasteiger partial charge in [-0.3, -0.25) is 20.4 Å². The van der Waals surface area contributed by atoms with Gasteiger partial charge in [0.2, 0.25) is 17.7 Å². The van der Waals surface area contributed by atoms with E-state index in [0.29, 0.717) is 17.3 Å². The first-order chi connectivity index (χ1) is 13.0. The van der Waals surface area contributed by atoms with E-state index in [4.69, 9.17) is 4.42 Å². The fourth-order valence-corrected chi connectivity index (χ4v) is 2.89. The third kappa shape index (κ3) is 4.91. The molecule has 2 aromatic heterocycles. The van der Waals surface area contributed by atoms with Crippen LogP contribution in [-0.4, -0.2) is 36.1 Å². The van der Waals surface area contributed by atoms with Crippen molar-refractivity contribution in [3.63, 3.8) is 0 Å². The molecule has 0 aliphatic heterocycles. The van der Waals surface area contributed by atoms with E-state index in [-0.39, 0.29) is 24.7 Å². The largest absolute Gasteiger partial charge is 0.421 e. The predicted octanol–water partition coefficient (Wildman–Crippen LogP) is 2.26. The lowest BCUT2D eigenvalue weighted by Gasteiger charge is -2.13. The number of thiophene rings is 1. The van der Waals surface area contributed by atoms with Gasteiger partial charge in [0.15, 0.2) is 0 Å². The molecule has 140 valence electrons. The van der Waals surface area contributed by atoms with E-state index in [1.165, 1.54) is 11.3 Å². The van der Waals surface area contributed by atoms with Gasteiger partial charge in [-0.1, -0.05) is 6.07 Å². The van der Waals surface area contributed by atoms with Gasteiger partial charge < -0.3 is 9.32 Å². The maximum atomic E-state index is 12.1. The molecule has 0 saturated heterocycles. The normalized spacial score (nSPS) is 10.4. The van der Waals surface area contributed by atoms with Crippen LogP contribution in [0.1, 0.15) is 22.7 Å². The van der Waals surface area contributed by atoms with Gasteiger partial charge >= 0.3 is 0 Å². The van der Waals surface area contributed by atoms with Gasteiger partial charge in [-0.05, 0) is 29.6 Å². The van der Waals surface area contributed by atoms with Crippen molar-refractivity contribution in [2.75, 3.05) is 19.0 Å². The molecule has 3 rings (SSSR count). The molecule has 0 saturated carbocycles. The number of nitrogens with zero attached hydrogens (tertiary/aromatic N) is 3. The van der Waals surface area contributed by atoms with Gasteiger partial charge in [0.05, 0.1) is 0 Å². The molecule has 0 bridgehead atoms. The molecule has 0 unspecified atom stereocenters. The molecule has 2 amide bonds. The first-order valence-electron chi connectivity index (χ1n) is 8.24. The van der Waals surface area contributed by atoms with Crippen LogP contribution in [0.15, 0.2) is 45.5 Å². The summed E-state index contributed by atoms with van der Waals surface area (Å²) < 4.78 is 5.52. The standard InChI is InChI=1S/C18H19N5O3S/c1-23(2)14-5-3-4-12(10-14)17(25)21-19-15(24)6-7-16-20-22-18(26-16)13-8-9-27-11-13/h3-5,8-11H,6-7H2,1-2H3,(H,19,24)(H,21,25). The van der Waals surface area contributed by atoms with Crippen LogP contribution in [0.2, 0.25) is 0 Å². The average Bonchev–Trinajstić information content (AvgIpc) is 3.35. The molecule has 0 fully saturated rings. The summed E-state index contributed by atoms with van der Waals surface area (Å²) in [6.07, 6.45) is 0.401. The van der Waals surface area contributed by atoms with E-state index in [1.807, 2.05) is 41.9 Å². The second-order valence-corrected chi connectivity index (χ2v) is 6.74. The van der Waals surface area contributed by atoms with Crippen LogP contribution >= 0.6 is 11.3 Å². The Morgan fingerprint density at radius 2 is 2.04 bits per heavy atom. The summed E-state index contributed by atoms with van der Waals surface area (Å²) in [5.74, 6) is 0.0732. The lowest BCUT2D eigenvalue weighted by atomic mass is 10.2. The van der Waals surface area contributed by atoms with Crippen molar-refractivity contribution in [2.45, 2.75) is 12.8 Å². The Balaban J connectivity index is 1.47. The molecule has 27 heavy (non-hydrogen) atoms. The van der Waals surface area contributed by atoms with Gasteiger partial charge in [0, 0.05) is 49.1 Å². The van der Waals surface area contributed by atoms with Gasteiger partial charge in [-0.25, -0.2) is 0 Å². The Hall–Kier alpha value is -3.20. The Kier molecular flexibility index (Phi) is 5.82. The zero-order valence-corrected chi connectivity index (χ0v) is 15.7. The summed E-state index contributed by atoms with van der Waals surface area (Å²) in [6, 6.07) is 8.98. The first kappa shape index (κ1) is 18.6. The molecule has 0 aliphatic carbocycles. The second kappa shape index (κ2) is 8.45.